The van der Waals surface area contributed by atoms with E-state index in [1.165, 1.54) is 38.5 Å². The van der Waals surface area contributed by atoms with Crippen LogP contribution in [0.15, 0.2) is 48.6 Å². The van der Waals surface area contributed by atoms with Gasteiger partial charge in [-0.3, -0.25) is 28.0 Å². The van der Waals surface area contributed by atoms with E-state index in [4.69, 9.17) is 23.8 Å². The van der Waals surface area contributed by atoms with Gasteiger partial charge >= 0.3 is 27.6 Å². The van der Waals surface area contributed by atoms with Crippen LogP contribution in [0.25, 0.3) is 0 Å². The van der Waals surface area contributed by atoms with Gasteiger partial charge in [0.15, 0.2) is 11.9 Å². The summed E-state index contributed by atoms with van der Waals surface area (Å²) in [5.74, 6) is -1.07. The van der Waals surface area contributed by atoms with Gasteiger partial charge in [-0.15, -0.1) is 0 Å². The molecule has 4 N–H and O–H groups in total. The van der Waals surface area contributed by atoms with Crippen LogP contribution in [-0.4, -0.2) is 76.1 Å². The number of unbranched alkanes of at least 4 members (excludes halogenated alkanes) is 16. The minimum Gasteiger partial charge on any atom is -0.462 e. The Morgan fingerprint density at radius 1 is 0.534 bits per heavy atom. The number of aliphatic hydroxyl groups excluding tert-OH is 1. The summed E-state index contributed by atoms with van der Waals surface area (Å²) in [5, 5.41) is 9.73. The number of rotatable bonds is 40. The molecule has 0 saturated heterocycles. The molecule has 16 heteroatoms. The summed E-state index contributed by atoms with van der Waals surface area (Å²) in [4.78, 5) is 64.7. The molecule has 0 aliphatic heterocycles. The fourth-order valence-corrected chi connectivity index (χ4v) is 6.53. The van der Waals surface area contributed by atoms with E-state index in [0.717, 1.165) is 77.0 Å². The maximum absolute atomic E-state index is 12.6. The second-order valence-corrected chi connectivity index (χ2v) is 17.0. The maximum Gasteiger partial charge on any atom is 0.472 e. The normalized spacial score (nSPS) is 14.4. The van der Waals surface area contributed by atoms with Crippen LogP contribution in [0.1, 0.15) is 162 Å². The predicted molar refractivity (Wildman–Crippen MR) is 226 cm³/mol. The van der Waals surface area contributed by atoms with E-state index in [1.807, 2.05) is 6.08 Å². The average molecular weight is 865 g/mol. The molecule has 58 heavy (non-hydrogen) atoms. The SMILES string of the molecule is CCCCC/C=C\C=C\C(=O)CCCCCCCC(=O)O[C@H](COC(=O)CCCCCCC/C=C\C=C/CCCCCC)COP(=O)(O)OC[C@@H](O)COP(=O)(O)O. The lowest BCUT2D eigenvalue weighted by atomic mass is 10.1. The van der Waals surface area contributed by atoms with Gasteiger partial charge in [-0.2, -0.15) is 0 Å². The number of phosphoric acid groups is 2. The van der Waals surface area contributed by atoms with Gasteiger partial charge in [0.2, 0.25) is 0 Å². The topological polar surface area (TPSA) is 212 Å². The van der Waals surface area contributed by atoms with Gasteiger partial charge < -0.3 is 29.3 Å². The van der Waals surface area contributed by atoms with Crippen molar-refractivity contribution in [3.8, 4) is 0 Å². The van der Waals surface area contributed by atoms with Gasteiger partial charge in [-0.1, -0.05) is 127 Å². The Hall–Kier alpha value is -2.25. The van der Waals surface area contributed by atoms with Gasteiger partial charge in [0, 0.05) is 19.3 Å². The highest BCUT2D eigenvalue weighted by molar-refractivity contribution is 7.47. The molecule has 0 rings (SSSR count). The molecule has 0 bridgehead atoms. The van der Waals surface area contributed by atoms with Crippen LogP contribution in [0.5, 0.6) is 0 Å². The molecule has 0 saturated carbocycles. The van der Waals surface area contributed by atoms with Gasteiger partial charge in [-0.05, 0) is 63.9 Å². The lowest BCUT2D eigenvalue weighted by Crippen LogP contribution is -2.30. The van der Waals surface area contributed by atoms with Crippen LogP contribution in [0.4, 0.5) is 0 Å². The number of hydrogen-bond donors (Lipinski definition) is 4. The molecule has 0 amide bonds. The van der Waals surface area contributed by atoms with Gasteiger partial charge in [0.1, 0.15) is 12.7 Å². The summed E-state index contributed by atoms with van der Waals surface area (Å²) >= 11 is 0. The standard InChI is InChI=1S/C42H74O14P2/c1-3-5-7-9-11-12-13-14-15-16-17-18-20-24-28-32-41(45)52-36-40(37-55-58(50,51)54-35-39(44)34-53-57(47,48)49)56-42(46)33-29-25-21-23-27-31-38(43)30-26-22-19-10-8-6-4-2/h12-15,19,22,26,30,39-40,44H,3-11,16-18,20-21,23-25,27-29,31-37H2,1-2H3,(H,50,51)(H2,47,48,49)/b13-12-,15-14-,22-19-,30-26+/t39-,40+/m0/s1. The molecular formula is C42H74O14P2. The van der Waals surface area contributed by atoms with E-state index in [9.17, 15) is 33.5 Å². The smallest absolute Gasteiger partial charge is 0.462 e. The van der Waals surface area contributed by atoms with Crippen LogP contribution in [-0.2, 0) is 46.6 Å². The van der Waals surface area contributed by atoms with Crippen molar-refractivity contribution in [3.63, 3.8) is 0 Å². The molecule has 0 radical (unpaired) electrons. The van der Waals surface area contributed by atoms with E-state index >= 15 is 0 Å². The Morgan fingerprint density at radius 3 is 1.57 bits per heavy atom. The molecule has 0 aromatic heterocycles. The van der Waals surface area contributed by atoms with E-state index < -0.39 is 66.2 Å². The number of hydrogen-bond acceptors (Lipinski definition) is 11. The molecule has 0 fully saturated rings. The summed E-state index contributed by atoms with van der Waals surface area (Å²) in [6.45, 7) is 1.52. The van der Waals surface area contributed by atoms with Crippen molar-refractivity contribution in [2.24, 2.45) is 0 Å². The van der Waals surface area contributed by atoms with Crippen molar-refractivity contribution in [2.75, 3.05) is 26.4 Å². The van der Waals surface area contributed by atoms with Gasteiger partial charge in [0.05, 0.1) is 19.8 Å². The maximum atomic E-state index is 12.6. The first-order chi connectivity index (χ1) is 27.8. The summed E-state index contributed by atoms with van der Waals surface area (Å²) in [7, 11) is -9.72. The quantitative estimate of drug-likeness (QED) is 0.0148. The minimum atomic E-state index is -4.88. The number of aliphatic hydroxyl groups is 1. The molecule has 14 nitrogen and oxygen atoms in total. The lowest BCUT2D eigenvalue weighted by Gasteiger charge is -2.20. The fraction of sp³-hybridized carbons (Fsp3) is 0.738. The van der Waals surface area contributed by atoms with E-state index in [1.54, 1.807) is 12.2 Å². The highest BCUT2D eigenvalue weighted by Gasteiger charge is 2.28. The predicted octanol–water partition coefficient (Wildman–Crippen LogP) is 9.85. The summed E-state index contributed by atoms with van der Waals surface area (Å²) in [6, 6.07) is 0. The highest BCUT2D eigenvalue weighted by Crippen LogP contribution is 2.43. The molecule has 0 aliphatic carbocycles. The molecule has 336 valence electrons. The number of ether oxygens (including phenoxy) is 2. The monoisotopic (exact) mass is 864 g/mol. The molecule has 0 heterocycles. The van der Waals surface area contributed by atoms with Crippen molar-refractivity contribution in [2.45, 2.75) is 174 Å². The molecule has 0 aromatic carbocycles. The number of ketones is 1. The first-order valence-corrected chi connectivity index (χ1v) is 24.3. The largest absolute Gasteiger partial charge is 0.472 e. The highest BCUT2D eigenvalue weighted by atomic mass is 31.2. The Morgan fingerprint density at radius 2 is 0.983 bits per heavy atom. The average Bonchev–Trinajstić information content (AvgIpc) is 3.17. The van der Waals surface area contributed by atoms with Crippen molar-refractivity contribution in [1.29, 1.82) is 0 Å². The Bertz CT molecular complexity index is 1280. The van der Waals surface area contributed by atoms with Crippen molar-refractivity contribution < 1.29 is 66.3 Å². The minimum absolute atomic E-state index is 0.0430. The molecular weight excluding hydrogens is 790 g/mol. The lowest BCUT2D eigenvalue weighted by molar-refractivity contribution is -0.161. The zero-order chi connectivity index (χ0) is 43.2. The Kier molecular flexibility index (Phi) is 36.3. The van der Waals surface area contributed by atoms with E-state index in [-0.39, 0.29) is 18.6 Å². The Labute approximate surface area is 347 Å². The number of carbonyl (C=O) groups is 3. The van der Waals surface area contributed by atoms with Crippen LogP contribution in [0, 0.1) is 0 Å². The zero-order valence-electron chi connectivity index (χ0n) is 35.1. The first kappa shape index (κ1) is 55.8. The second kappa shape index (κ2) is 37.7. The molecule has 0 aromatic rings. The zero-order valence-corrected chi connectivity index (χ0v) is 36.9. The third-order valence-electron chi connectivity index (χ3n) is 8.68. The number of esters is 2. The third kappa shape index (κ3) is 40.5. The van der Waals surface area contributed by atoms with Crippen LogP contribution in [0.2, 0.25) is 0 Å². The molecule has 0 spiro atoms. The summed E-state index contributed by atoms with van der Waals surface area (Å²) < 4.78 is 47.6. The summed E-state index contributed by atoms with van der Waals surface area (Å²) in [6.07, 6.45) is 33.5. The number of carbonyl (C=O) groups excluding carboxylic acids is 3. The van der Waals surface area contributed by atoms with Gasteiger partial charge in [0.25, 0.3) is 0 Å². The summed E-state index contributed by atoms with van der Waals surface area (Å²) in [5.41, 5.74) is 0. The third-order valence-corrected chi connectivity index (χ3v) is 10.1. The molecule has 3 atom stereocenters. The number of allylic oxidation sites excluding steroid dienone is 8. The fourth-order valence-electron chi connectivity index (χ4n) is 5.38. The molecule has 1 unspecified atom stereocenters. The van der Waals surface area contributed by atoms with Crippen molar-refractivity contribution in [1.82, 2.24) is 0 Å². The van der Waals surface area contributed by atoms with Crippen molar-refractivity contribution in [3.05, 3.63) is 48.6 Å². The van der Waals surface area contributed by atoms with E-state index in [2.05, 4.69) is 53.3 Å². The second-order valence-electron chi connectivity index (χ2n) is 14.3. The first-order valence-electron chi connectivity index (χ1n) is 21.3. The molecule has 0 aliphatic rings. The van der Waals surface area contributed by atoms with Crippen LogP contribution < -0.4 is 0 Å². The van der Waals surface area contributed by atoms with Crippen LogP contribution in [0.3, 0.4) is 0 Å². The number of phosphoric ester groups is 2. The van der Waals surface area contributed by atoms with E-state index in [0.29, 0.717) is 19.3 Å². The Balaban J connectivity index is 4.65. The van der Waals surface area contributed by atoms with Crippen molar-refractivity contribution >= 4 is 33.4 Å². The van der Waals surface area contributed by atoms with Gasteiger partial charge in [-0.25, -0.2) is 9.13 Å². The van der Waals surface area contributed by atoms with Crippen LogP contribution >= 0.6 is 15.6 Å².